The van der Waals surface area contributed by atoms with E-state index < -0.39 is 12.2 Å². The fourth-order valence-corrected chi connectivity index (χ4v) is 2.08. The second-order valence-corrected chi connectivity index (χ2v) is 4.42. The summed E-state index contributed by atoms with van der Waals surface area (Å²) in [5, 5.41) is 9.82. The molecule has 1 N–H and O–H groups in total. The molecule has 1 aliphatic carbocycles. The van der Waals surface area contributed by atoms with Gasteiger partial charge >= 0.3 is 12.4 Å². The predicted octanol–water partition coefficient (Wildman–Crippen LogP) is 0.943. The van der Waals surface area contributed by atoms with E-state index in [1.807, 2.05) is 6.92 Å². The lowest BCUT2D eigenvalue weighted by Gasteiger charge is -2.32. The summed E-state index contributed by atoms with van der Waals surface area (Å²) in [4.78, 5) is 21.2. The van der Waals surface area contributed by atoms with E-state index in [-0.39, 0.29) is 18.5 Å². The quantitative estimate of drug-likeness (QED) is 0.703. The number of carbonyl (C=O) groups is 1. The van der Waals surface area contributed by atoms with Crippen molar-refractivity contribution in [1.29, 1.82) is 0 Å². The van der Waals surface area contributed by atoms with Crippen molar-refractivity contribution >= 4 is 12.4 Å². The second-order valence-electron chi connectivity index (χ2n) is 4.42. The molecule has 0 aliphatic heterocycles. The first-order chi connectivity index (χ1) is 8.17. The molecule has 3 atom stereocenters. The van der Waals surface area contributed by atoms with Crippen molar-refractivity contribution in [3.63, 3.8) is 0 Å². The van der Waals surface area contributed by atoms with Crippen LogP contribution in [-0.2, 0) is 19.1 Å². The Balaban J connectivity index is 2.31. The van der Waals surface area contributed by atoms with E-state index >= 15 is 0 Å². The predicted molar refractivity (Wildman–Crippen MR) is 59.8 cm³/mol. The summed E-state index contributed by atoms with van der Waals surface area (Å²) < 4.78 is 9.74. The van der Waals surface area contributed by atoms with Gasteiger partial charge in [-0.3, -0.25) is 4.79 Å². The molecule has 0 aromatic rings. The largest absolute Gasteiger partial charge is 0.460 e. The van der Waals surface area contributed by atoms with E-state index in [0.29, 0.717) is 19.3 Å². The highest BCUT2D eigenvalue weighted by atomic mass is 16.6. The molecule has 0 heterocycles. The second kappa shape index (κ2) is 7.27. The molecule has 0 aromatic heterocycles. The van der Waals surface area contributed by atoms with Crippen molar-refractivity contribution in [3.8, 4) is 0 Å². The maximum atomic E-state index is 11.3. The molecule has 1 radical (unpaired) electrons. The molecule has 97 valence electrons. The van der Waals surface area contributed by atoms with Crippen molar-refractivity contribution in [1.82, 2.24) is 0 Å². The van der Waals surface area contributed by atoms with Crippen molar-refractivity contribution in [3.05, 3.63) is 0 Å². The molecule has 1 aliphatic rings. The highest BCUT2D eigenvalue weighted by molar-refractivity contribution is 5.69. The molecular formula is C12H19O5. The minimum absolute atomic E-state index is 0.132. The van der Waals surface area contributed by atoms with Gasteiger partial charge in [0.25, 0.3) is 0 Å². The third kappa shape index (κ3) is 4.73. The number of hydrogen-bond donors (Lipinski definition) is 1. The van der Waals surface area contributed by atoms with Crippen LogP contribution in [-0.4, -0.2) is 36.4 Å². The van der Waals surface area contributed by atoms with E-state index in [4.69, 9.17) is 4.74 Å². The molecule has 0 saturated heterocycles. The normalized spacial score (nSPS) is 28.5. The SMILES string of the molecule is CCCC(=O)OC1CCC(CO[C]=O)CC1O. The van der Waals surface area contributed by atoms with Crippen LogP contribution in [0.4, 0.5) is 0 Å². The Hall–Kier alpha value is -1.10. The van der Waals surface area contributed by atoms with Gasteiger partial charge in [-0.15, -0.1) is 0 Å². The van der Waals surface area contributed by atoms with E-state index in [2.05, 4.69) is 4.74 Å². The highest BCUT2D eigenvalue weighted by Crippen LogP contribution is 2.27. The number of hydrogen-bond acceptors (Lipinski definition) is 5. The van der Waals surface area contributed by atoms with Gasteiger partial charge in [0, 0.05) is 6.42 Å². The summed E-state index contributed by atoms with van der Waals surface area (Å²) in [5.74, 6) is -0.125. The lowest BCUT2D eigenvalue weighted by Crippen LogP contribution is -2.38. The first kappa shape index (κ1) is 14.0. The number of aliphatic hydroxyl groups is 1. The first-order valence-electron chi connectivity index (χ1n) is 6.03. The summed E-state index contributed by atoms with van der Waals surface area (Å²) in [6, 6.07) is 0. The van der Waals surface area contributed by atoms with Crippen LogP contribution in [0.25, 0.3) is 0 Å². The minimum Gasteiger partial charge on any atom is -0.460 e. The van der Waals surface area contributed by atoms with Crippen LogP contribution in [0.5, 0.6) is 0 Å². The Morgan fingerprint density at radius 1 is 1.47 bits per heavy atom. The van der Waals surface area contributed by atoms with Crippen LogP contribution < -0.4 is 0 Å². The van der Waals surface area contributed by atoms with Crippen molar-refractivity contribution in [2.45, 2.75) is 51.2 Å². The van der Waals surface area contributed by atoms with E-state index in [1.165, 1.54) is 6.47 Å². The third-order valence-electron chi connectivity index (χ3n) is 2.98. The maximum absolute atomic E-state index is 11.3. The summed E-state index contributed by atoms with van der Waals surface area (Å²) >= 11 is 0. The maximum Gasteiger partial charge on any atom is 0.417 e. The average molecular weight is 243 g/mol. The van der Waals surface area contributed by atoms with Crippen LogP contribution >= 0.6 is 0 Å². The average Bonchev–Trinajstić information content (AvgIpc) is 2.30. The van der Waals surface area contributed by atoms with E-state index in [9.17, 15) is 14.7 Å². The fraction of sp³-hybridized carbons (Fsp3) is 0.833. The molecule has 0 bridgehead atoms. The number of carbonyl (C=O) groups excluding carboxylic acids is 2. The Labute approximate surface area is 101 Å². The molecule has 1 fully saturated rings. The fourth-order valence-electron chi connectivity index (χ4n) is 2.08. The Kier molecular flexibility index (Phi) is 5.97. The van der Waals surface area contributed by atoms with Gasteiger partial charge in [-0.1, -0.05) is 6.92 Å². The summed E-state index contributed by atoms with van der Waals surface area (Å²) in [6.45, 7) is 3.55. The summed E-state index contributed by atoms with van der Waals surface area (Å²) in [5.41, 5.74) is 0. The van der Waals surface area contributed by atoms with Crippen LogP contribution in [0, 0.1) is 5.92 Å². The smallest absolute Gasteiger partial charge is 0.417 e. The van der Waals surface area contributed by atoms with Crippen molar-refractivity contribution in [2.24, 2.45) is 5.92 Å². The lowest BCUT2D eigenvalue weighted by molar-refractivity contribution is -0.159. The van der Waals surface area contributed by atoms with Crippen LogP contribution in [0.15, 0.2) is 0 Å². The zero-order valence-corrected chi connectivity index (χ0v) is 10.1. The molecule has 0 aromatic carbocycles. The first-order valence-corrected chi connectivity index (χ1v) is 6.03. The van der Waals surface area contributed by atoms with Gasteiger partial charge in [0.1, 0.15) is 6.10 Å². The standard InChI is InChI=1S/C12H19O5/c1-2-3-12(15)17-11-5-4-9(6-10(11)14)7-16-8-13/h9-11,14H,2-7H2,1H3. The van der Waals surface area contributed by atoms with E-state index in [1.54, 1.807) is 0 Å². The number of ether oxygens (including phenoxy) is 2. The van der Waals surface area contributed by atoms with Crippen LogP contribution in [0.3, 0.4) is 0 Å². The van der Waals surface area contributed by atoms with Gasteiger partial charge in [0.2, 0.25) is 0 Å². The molecule has 0 spiro atoms. The van der Waals surface area contributed by atoms with Crippen LogP contribution in [0.1, 0.15) is 39.0 Å². The van der Waals surface area contributed by atoms with Gasteiger partial charge in [0.15, 0.2) is 0 Å². The van der Waals surface area contributed by atoms with Crippen molar-refractivity contribution < 1.29 is 24.2 Å². The van der Waals surface area contributed by atoms with E-state index in [0.717, 1.165) is 12.8 Å². The molecule has 0 amide bonds. The third-order valence-corrected chi connectivity index (χ3v) is 2.98. The lowest BCUT2D eigenvalue weighted by atomic mass is 9.86. The number of aliphatic hydroxyl groups excluding tert-OH is 1. The Bertz CT molecular complexity index is 253. The molecule has 3 unspecified atom stereocenters. The monoisotopic (exact) mass is 243 g/mol. The Morgan fingerprint density at radius 3 is 2.82 bits per heavy atom. The molecule has 1 saturated carbocycles. The van der Waals surface area contributed by atoms with Gasteiger partial charge < -0.3 is 14.6 Å². The topological polar surface area (TPSA) is 72.8 Å². The summed E-state index contributed by atoms with van der Waals surface area (Å²) in [7, 11) is 0. The van der Waals surface area contributed by atoms with Gasteiger partial charge in [-0.05, 0) is 31.6 Å². The minimum atomic E-state index is -0.662. The zero-order valence-electron chi connectivity index (χ0n) is 10.1. The van der Waals surface area contributed by atoms with Gasteiger partial charge in [0.05, 0.1) is 12.7 Å². The van der Waals surface area contributed by atoms with Gasteiger partial charge in [-0.2, -0.15) is 0 Å². The number of esters is 1. The molecule has 5 heteroatoms. The molecule has 5 nitrogen and oxygen atoms in total. The van der Waals surface area contributed by atoms with Gasteiger partial charge in [-0.25, -0.2) is 4.79 Å². The molecule has 1 rings (SSSR count). The molecule has 17 heavy (non-hydrogen) atoms. The van der Waals surface area contributed by atoms with Crippen molar-refractivity contribution in [2.75, 3.05) is 6.61 Å². The highest BCUT2D eigenvalue weighted by Gasteiger charge is 2.31. The summed E-state index contributed by atoms with van der Waals surface area (Å²) in [6.07, 6.45) is 1.94. The van der Waals surface area contributed by atoms with Crippen LogP contribution in [0.2, 0.25) is 0 Å². The zero-order chi connectivity index (χ0) is 12.7. The number of rotatable bonds is 6. The Morgan fingerprint density at radius 2 is 2.24 bits per heavy atom. The molecular weight excluding hydrogens is 224 g/mol.